The summed E-state index contributed by atoms with van der Waals surface area (Å²) in [5.74, 6) is -1.06. The number of carbonyl (C=O) groups excluding carboxylic acids is 1. The molecule has 0 aromatic heterocycles. The van der Waals surface area contributed by atoms with Crippen LogP contribution in [0, 0.1) is 0 Å². The molecule has 0 fully saturated rings. The molecule has 4 heteroatoms. The number of alkyl halides is 1. The van der Waals surface area contributed by atoms with Crippen molar-refractivity contribution in [3.05, 3.63) is 48.0 Å². The molecule has 0 radical (unpaired) electrons. The first kappa shape index (κ1) is 15.4. The summed E-state index contributed by atoms with van der Waals surface area (Å²) in [7, 11) is 0. The Bertz CT molecular complexity index is 444. The van der Waals surface area contributed by atoms with Gasteiger partial charge in [0.25, 0.3) is 0 Å². The zero-order chi connectivity index (χ0) is 14.5. The number of halogens is 1. The summed E-state index contributed by atoms with van der Waals surface area (Å²) < 4.78 is 19.7. The van der Waals surface area contributed by atoms with Crippen LogP contribution < -0.4 is 0 Å². The van der Waals surface area contributed by atoms with Crippen molar-refractivity contribution >= 4 is 5.97 Å². The summed E-state index contributed by atoms with van der Waals surface area (Å²) >= 11 is 0. The van der Waals surface area contributed by atoms with Crippen LogP contribution in [0.2, 0.25) is 0 Å². The first-order chi connectivity index (χ1) is 8.91. The standard InChI is InChI=1S/C15H19FO3/c1-4-19-14(18)15(16,10-11(2)3)13(17)12-8-6-5-7-9-12/h5-9,13,17H,2,4,10H2,1,3H3/t13-,15+/m1/s1. The van der Waals surface area contributed by atoms with Gasteiger partial charge in [-0.25, -0.2) is 9.18 Å². The van der Waals surface area contributed by atoms with Gasteiger partial charge in [0.1, 0.15) is 6.10 Å². The van der Waals surface area contributed by atoms with Gasteiger partial charge < -0.3 is 9.84 Å². The normalized spacial score (nSPS) is 15.4. The number of esters is 1. The number of benzene rings is 1. The number of hydrogen-bond donors (Lipinski definition) is 1. The van der Waals surface area contributed by atoms with E-state index in [1.165, 1.54) is 0 Å². The van der Waals surface area contributed by atoms with Gasteiger partial charge in [-0.05, 0) is 19.4 Å². The lowest BCUT2D eigenvalue weighted by Crippen LogP contribution is -2.42. The number of aliphatic hydroxyl groups is 1. The molecular formula is C15H19FO3. The molecule has 1 N–H and O–H groups in total. The molecule has 0 bridgehead atoms. The molecular weight excluding hydrogens is 247 g/mol. The molecule has 0 heterocycles. The topological polar surface area (TPSA) is 46.5 Å². The Morgan fingerprint density at radius 1 is 1.47 bits per heavy atom. The molecule has 0 aliphatic heterocycles. The van der Waals surface area contributed by atoms with Crippen LogP contribution >= 0.6 is 0 Å². The van der Waals surface area contributed by atoms with Crippen molar-refractivity contribution < 1.29 is 19.0 Å². The smallest absolute Gasteiger partial charge is 0.347 e. The van der Waals surface area contributed by atoms with Crippen LogP contribution in [0.4, 0.5) is 4.39 Å². The Kier molecular flexibility index (Phi) is 5.24. The van der Waals surface area contributed by atoms with E-state index in [2.05, 4.69) is 6.58 Å². The fourth-order valence-corrected chi connectivity index (χ4v) is 1.87. The van der Waals surface area contributed by atoms with Gasteiger partial charge >= 0.3 is 5.97 Å². The summed E-state index contributed by atoms with van der Waals surface area (Å²) in [6.07, 6.45) is -1.86. The molecule has 0 amide bonds. The maximum absolute atomic E-state index is 14.9. The highest BCUT2D eigenvalue weighted by Gasteiger charge is 2.47. The molecule has 0 saturated carbocycles. The van der Waals surface area contributed by atoms with E-state index < -0.39 is 17.7 Å². The van der Waals surface area contributed by atoms with Crippen LogP contribution in [-0.4, -0.2) is 23.4 Å². The van der Waals surface area contributed by atoms with Crippen molar-refractivity contribution in [2.75, 3.05) is 6.61 Å². The quantitative estimate of drug-likeness (QED) is 0.636. The number of ether oxygens (including phenoxy) is 1. The lowest BCUT2D eigenvalue weighted by Gasteiger charge is -2.28. The van der Waals surface area contributed by atoms with E-state index in [1.54, 1.807) is 44.2 Å². The largest absolute Gasteiger partial charge is 0.464 e. The predicted molar refractivity (Wildman–Crippen MR) is 71.3 cm³/mol. The molecule has 2 atom stereocenters. The highest BCUT2D eigenvalue weighted by molar-refractivity contribution is 5.81. The Hall–Kier alpha value is -1.68. The van der Waals surface area contributed by atoms with E-state index in [4.69, 9.17) is 4.74 Å². The van der Waals surface area contributed by atoms with Gasteiger partial charge in [-0.15, -0.1) is 6.58 Å². The summed E-state index contributed by atoms with van der Waals surface area (Å²) in [6.45, 7) is 6.85. The third kappa shape index (κ3) is 3.64. The first-order valence-corrected chi connectivity index (χ1v) is 6.15. The molecule has 1 aromatic rings. The lowest BCUT2D eigenvalue weighted by atomic mass is 9.87. The lowest BCUT2D eigenvalue weighted by molar-refractivity contribution is -0.166. The second kappa shape index (κ2) is 6.48. The Morgan fingerprint density at radius 3 is 2.53 bits per heavy atom. The van der Waals surface area contributed by atoms with Gasteiger partial charge in [-0.1, -0.05) is 35.9 Å². The van der Waals surface area contributed by atoms with Crippen molar-refractivity contribution in [2.45, 2.75) is 32.0 Å². The van der Waals surface area contributed by atoms with Crippen LogP contribution in [0.25, 0.3) is 0 Å². The molecule has 3 nitrogen and oxygen atoms in total. The Balaban J connectivity index is 3.09. The minimum absolute atomic E-state index is 0.0577. The monoisotopic (exact) mass is 266 g/mol. The van der Waals surface area contributed by atoms with Crippen LogP contribution in [-0.2, 0) is 9.53 Å². The third-order valence-corrected chi connectivity index (χ3v) is 2.72. The number of aliphatic hydroxyl groups excluding tert-OH is 1. The Labute approximate surface area is 112 Å². The molecule has 0 unspecified atom stereocenters. The molecule has 104 valence electrons. The van der Waals surface area contributed by atoms with Gasteiger partial charge in [0.05, 0.1) is 6.61 Å². The fraction of sp³-hybridized carbons (Fsp3) is 0.400. The van der Waals surface area contributed by atoms with Gasteiger partial charge in [-0.3, -0.25) is 0 Å². The van der Waals surface area contributed by atoms with Gasteiger partial charge in [-0.2, -0.15) is 0 Å². The average Bonchev–Trinajstić information content (AvgIpc) is 2.38. The maximum atomic E-state index is 14.9. The zero-order valence-corrected chi connectivity index (χ0v) is 11.2. The van der Waals surface area contributed by atoms with Gasteiger partial charge in [0.2, 0.25) is 5.67 Å². The molecule has 1 rings (SSSR count). The number of hydrogen-bond acceptors (Lipinski definition) is 3. The number of carbonyl (C=O) groups is 1. The van der Waals surface area contributed by atoms with E-state index in [1.807, 2.05) is 0 Å². The molecule has 0 saturated heterocycles. The highest BCUT2D eigenvalue weighted by atomic mass is 19.1. The zero-order valence-electron chi connectivity index (χ0n) is 11.2. The third-order valence-electron chi connectivity index (χ3n) is 2.72. The van der Waals surface area contributed by atoms with E-state index in [-0.39, 0.29) is 13.0 Å². The van der Waals surface area contributed by atoms with Crippen molar-refractivity contribution in [3.8, 4) is 0 Å². The summed E-state index contributed by atoms with van der Waals surface area (Å²) in [5.41, 5.74) is -1.71. The van der Waals surface area contributed by atoms with Crippen LogP contribution in [0.1, 0.15) is 31.9 Å². The van der Waals surface area contributed by atoms with E-state index >= 15 is 0 Å². The summed E-state index contributed by atoms with van der Waals surface area (Å²) in [6, 6.07) is 8.22. The van der Waals surface area contributed by atoms with E-state index in [0.717, 1.165) is 0 Å². The molecule has 0 spiro atoms. The Morgan fingerprint density at radius 2 is 2.05 bits per heavy atom. The average molecular weight is 266 g/mol. The molecule has 19 heavy (non-hydrogen) atoms. The van der Waals surface area contributed by atoms with Crippen LogP contribution in [0.3, 0.4) is 0 Å². The molecule has 0 aliphatic rings. The van der Waals surface area contributed by atoms with Crippen LogP contribution in [0.5, 0.6) is 0 Å². The van der Waals surface area contributed by atoms with Crippen molar-refractivity contribution in [1.29, 1.82) is 0 Å². The van der Waals surface area contributed by atoms with Crippen molar-refractivity contribution in [1.82, 2.24) is 0 Å². The second-order valence-corrected chi connectivity index (χ2v) is 4.53. The molecule has 0 aliphatic carbocycles. The number of rotatable bonds is 6. The minimum atomic E-state index is -2.51. The van der Waals surface area contributed by atoms with Crippen LogP contribution in [0.15, 0.2) is 42.5 Å². The van der Waals surface area contributed by atoms with Crippen molar-refractivity contribution in [3.63, 3.8) is 0 Å². The minimum Gasteiger partial charge on any atom is -0.464 e. The molecule has 1 aromatic carbocycles. The highest BCUT2D eigenvalue weighted by Crippen LogP contribution is 2.36. The second-order valence-electron chi connectivity index (χ2n) is 4.53. The number of allylic oxidation sites excluding steroid dienone is 1. The maximum Gasteiger partial charge on any atom is 0.347 e. The summed E-state index contributed by atoms with van der Waals surface area (Å²) in [4.78, 5) is 11.8. The van der Waals surface area contributed by atoms with E-state index in [0.29, 0.717) is 11.1 Å². The fourth-order valence-electron chi connectivity index (χ4n) is 1.87. The van der Waals surface area contributed by atoms with Gasteiger partial charge in [0.15, 0.2) is 0 Å². The first-order valence-electron chi connectivity index (χ1n) is 6.15. The summed E-state index contributed by atoms with van der Waals surface area (Å²) in [5, 5.41) is 10.2. The predicted octanol–water partition coefficient (Wildman–Crippen LogP) is 2.96. The van der Waals surface area contributed by atoms with E-state index in [9.17, 15) is 14.3 Å². The SMILES string of the molecule is C=C(C)C[C@@](F)(C(=O)OCC)[C@H](O)c1ccccc1. The van der Waals surface area contributed by atoms with Crippen molar-refractivity contribution in [2.24, 2.45) is 0 Å². The van der Waals surface area contributed by atoms with Gasteiger partial charge in [0, 0.05) is 6.42 Å².